The number of carbonyl (C=O) groups excluding carboxylic acids is 1. The summed E-state index contributed by atoms with van der Waals surface area (Å²) in [7, 11) is 1.81. The smallest absolute Gasteiger partial charge is 0.233 e. The normalized spacial score (nSPS) is 10.6. The van der Waals surface area contributed by atoms with Crippen molar-refractivity contribution in [3.05, 3.63) is 84.2 Å². The second kappa shape index (κ2) is 10.6. The molecule has 156 valence electrons. The highest BCUT2D eigenvalue weighted by Crippen LogP contribution is 2.20. The molecular formula is C23H26N4O2S. The maximum atomic E-state index is 12.6. The molecule has 0 fully saturated rings. The zero-order valence-corrected chi connectivity index (χ0v) is 18.1. The van der Waals surface area contributed by atoms with E-state index in [9.17, 15) is 4.79 Å². The van der Waals surface area contributed by atoms with Crippen LogP contribution in [-0.2, 0) is 17.9 Å². The van der Waals surface area contributed by atoms with E-state index >= 15 is 0 Å². The van der Waals surface area contributed by atoms with E-state index in [1.54, 1.807) is 11.0 Å². The molecule has 0 N–H and O–H groups in total. The lowest BCUT2D eigenvalue weighted by Crippen LogP contribution is -2.27. The monoisotopic (exact) mass is 422 g/mol. The van der Waals surface area contributed by atoms with Crippen molar-refractivity contribution in [2.75, 3.05) is 19.4 Å². The Hall–Kier alpha value is -3.06. The third-order valence-corrected chi connectivity index (χ3v) is 5.50. The number of aryl methyl sites for hydroxylation is 1. The third-order valence-electron chi connectivity index (χ3n) is 4.55. The maximum Gasteiger partial charge on any atom is 0.233 e. The molecule has 6 nitrogen and oxygen atoms in total. The predicted octanol–water partition coefficient (Wildman–Crippen LogP) is 3.95. The van der Waals surface area contributed by atoms with E-state index in [-0.39, 0.29) is 5.91 Å². The lowest BCUT2D eigenvalue weighted by atomic mass is 10.2. The average Bonchev–Trinajstić information content (AvgIpc) is 3.11. The van der Waals surface area contributed by atoms with Crippen LogP contribution < -0.4 is 4.74 Å². The van der Waals surface area contributed by atoms with Crippen LogP contribution in [0.5, 0.6) is 5.75 Å². The number of carbonyl (C=O) groups is 1. The molecule has 0 bridgehead atoms. The topological polar surface area (TPSA) is 60.2 Å². The second-order valence-corrected chi connectivity index (χ2v) is 7.83. The Balaban J connectivity index is 1.54. The van der Waals surface area contributed by atoms with Gasteiger partial charge in [-0.1, -0.05) is 66.9 Å². The Morgan fingerprint density at radius 3 is 2.57 bits per heavy atom. The van der Waals surface area contributed by atoms with Gasteiger partial charge in [-0.25, -0.2) is 0 Å². The average molecular weight is 423 g/mol. The van der Waals surface area contributed by atoms with Gasteiger partial charge in [-0.15, -0.1) is 10.2 Å². The van der Waals surface area contributed by atoms with Gasteiger partial charge < -0.3 is 14.2 Å². The third kappa shape index (κ3) is 5.97. The quantitative estimate of drug-likeness (QED) is 0.366. The molecule has 0 radical (unpaired) electrons. The Morgan fingerprint density at radius 2 is 1.87 bits per heavy atom. The Morgan fingerprint density at radius 1 is 1.13 bits per heavy atom. The highest BCUT2D eigenvalue weighted by Gasteiger charge is 2.15. The number of benzene rings is 2. The fraction of sp³-hybridized carbons (Fsp3) is 0.261. The van der Waals surface area contributed by atoms with Gasteiger partial charge >= 0.3 is 0 Å². The minimum absolute atomic E-state index is 0.0406. The molecule has 2 aromatic carbocycles. The van der Waals surface area contributed by atoms with Crippen molar-refractivity contribution in [1.29, 1.82) is 0 Å². The molecule has 0 aliphatic heterocycles. The first-order valence-electron chi connectivity index (χ1n) is 9.70. The van der Waals surface area contributed by atoms with E-state index in [0.717, 1.165) is 22.3 Å². The van der Waals surface area contributed by atoms with Crippen LogP contribution in [-0.4, -0.2) is 45.0 Å². The van der Waals surface area contributed by atoms with E-state index in [1.165, 1.54) is 17.3 Å². The number of hydrogen-bond donors (Lipinski definition) is 0. The summed E-state index contributed by atoms with van der Waals surface area (Å²) < 4.78 is 7.53. The van der Waals surface area contributed by atoms with E-state index in [4.69, 9.17) is 4.74 Å². The van der Waals surface area contributed by atoms with Gasteiger partial charge in [-0.2, -0.15) is 0 Å². The first-order chi connectivity index (χ1) is 14.6. The standard InChI is InChI=1S/C23H26N4O2S/c1-4-14-29-21-12-10-20(11-13-21)15-26(3)22(28)17-30-23-25-24-18(2)27(23)16-19-8-6-5-7-9-19/h4-13H,1,14-17H2,2-3H3. The largest absolute Gasteiger partial charge is 0.490 e. The van der Waals surface area contributed by atoms with Crippen molar-refractivity contribution in [2.24, 2.45) is 0 Å². The molecule has 0 aliphatic rings. The molecule has 1 heterocycles. The van der Waals surface area contributed by atoms with Crippen molar-refractivity contribution < 1.29 is 9.53 Å². The highest BCUT2D eigenvalue weighted by atomic mass is 32.2. The molecule has 7 heteroatoms. The molecule has 1 aromatic heterocycles. The summed E-state index contributed by atoms with van der Waals surface area (Å²) in [4.78, 5) is 14.3. The van der Waals surface area contributed by atoms with Crippen LogP contribution in [0.1, 0.15) is 17.0 Å². The summed E-state index contributed by atoms with van der Waals surface area (Å²) in [5, 5.41) is 9.18. The number of ether oxygens (including phenoxy) is 1. The van der Waals surface area contributed by atoms with Crippen LogP contribution >= 0.6 is 11.8 Å². The number of rotatable bonds is 10. The molecule has 3 aromatic rings. The summed E-state index contributed by atoms with van der Waals surface area (Å²) in [6.45, 7) is 7.27. The molecular weight excluding hydrogens is 396 g/mol. The second-order valence-electron chi connectivity index (χ2n) is 6.88. The van der Waals surface area contributed by atoms with E-state index in [0.29, 0.717) is 25.4 Å². The van der Waals surface area contributed by atoms with Gasteiger partial charge in [-0.3, -0.25) is 4.79 Å². The van der Waals surface area contributed by atoms with Crippen molar-refractivity contribution in [3.63, 3.8) is 0 Å². The van der Waals surface area contributed by atoms with E-state index < -0.39 is 0 Å². The summed E-state index contributed by atoms with van der Waals surface area (Å²) in [6.07, 6.45) is 1.71. The zero-order valence-electron chi connectivity index (χ0n) is 17.3. The number of thioether (sulfide) groups is 1. The fourth-order valence-electron chi connectivity index (χ4n) is 2.86. The van der Waals surface area contributed by atoms with Crippen LogP contribution in [0, 0.1) is 6.92 Å². The van der Waals surface area contributed by atoms with Gasteiger partial charge in [0.1, 0.15) is 18.2 Å². The van der Waals surface area contributed by atoms with Crippen LogP contribution in [0.2, 0.25) is 0 Å². The molecule has 0 saturated carbocycles. The molecule has 0 saturated heterocycles. The molecule has 1 amide bonds. The molecule has 0 aliphatic carbocycles. The lowest BCUT2D eigenvalue weighted by molar-refractivity contribution is -0.127. The van der Waals surface area contributed by atoms with Crippen molar-refractivity contribution >= 4 is 17.7 Å². The molecule has 3 rings (SSSR count). The molecule has 30 heavy (non-hydrogen) atoms. The SMILES string of the molecule is C=CCOc1ccc(CN(C)C(=O)CSc2nnc(C)n2Cc2ccccc2)cc1. The van der Waals surface area contributed by atoms with Gasteiger partial charge in [0.25, 0.3) is 0 Å². The zero-order chi connectivity index (χ0) is 21.3. The summed E-state index contributed by atoms with van der Waals surface area (Å²) in [5.41, 5.74) is 2.22. The Bertz CT molecular complexity index is 971. The minimum atomic E-state index is 0.0406. The molecule has 0 unspecified atom stereocenters. The maximum absolute atomic E-state index is 12.6. The summed E-state index contributed by atoms with van der Waals surface area (Å²) >= 11 is 1.41. The van der Waals surface area contributed by atoms with Gasteiger partial charge in [0, 0.05) is 13.6 Å². The number of hydrogen-bond acceptors (Lipinski definition) is 5. The number of amides is 1. The van der Waals surface area contributed by atoms with Gasteiger partial charge in [0.15, 0.2) is 5.16 Å². The van der Waals surface area contributed by atoms with Crippen LogP contribution in [0.3, 0.4) is 0 Å². The number of aromatic nitrogens is 3. The van der Waals surface area contributed by atoms with Crippen molar-refractivity contribution in [2.45, 2.75) is 25.2 Å². The van der Waals surface area contributed by atoms with Crippen LogP contribution in [0.4, 0.5) is 0 Å². The summed E-state index contributed by atoms with van der Waals surface area (Å²) in [5.74, 6) is 1.97. The van der Waals surface area contributed by atoms with Crippen LogP contribution in [0.15, 0.2) is 72.4 Å². The van der Waals surface area contributed by atoms with E-state index in [1.807, 2.05) is 61.0 Å². The first-order valence-corrected chi connectivity index (χ1v) is 10.7. The predicted molar refractivity (Wildman–Crippen MR) is 120 cm³/mol. The summed E-state index contributed by atoms with van der Waals surface area (Å²) in [6, 6.07) is 17.9. The molecule has 0 atom stereocenters. The van der Waals surface area contributed by atoms with Gasteiger partial charge in [0.05, 0.1) is 12.3 Å². The Labute approximate surface area is 181 Å². The van der Waals surface area contributed by atoms with Gasteiger partial charge in [-0.05, 0) is 30.2 Å². The van der Waals surface area contributed by atoms with Crippen molar-refractivity contribution in [3.8, 4) is 5.75 Å². The molecule has 0 spiro atoms. The van der Waals surface area contributed by atoms with E-state index in [2.05, 4.69) is 28.9 Å². The van der Waals surface area contributed by atoms with Gasteiger partial charge in [0.2, 0.25) is 5.91 Å². The fourth-order valence-corrected chi connectivity index (χ4v) is 3.79. The minimum Gasteiger partial charge on any atom is -0.490 e. The highest BCUT2D eigenvalue weighted by molar-refractivity contribution is 7.99. The number of nitrogens with zero attached hydrogens (tertiary/aromatic N) is 4. The van der Waals surface area contributed by atoms with Crippen LogP contribution in [0.25, 0.3) is 0 Å². The lowest BCUT2D eigenvalue weighted by Gasteiger charge is -2.17. The first kappa shape index (κ1) is 21.6. The Kier molecular flexibility index (Phi) is 7.68. The van der Waals surface area contributed by atoms with Crippen molar-refractivity contribution in [1.82, 2.24) is 19.7 Å².